The minimum atomic E-state index is -3.88. The molecule has 0 aliphatic rings. The number of aryl methyl sites for hydroxylation is 1. The van der Waals surface area contributed by atoms with Crippen LogP contribution >= 0.6 is 0 Å². The molecule has 21 heavy (non-hydrogen) atoms. The molecule has 0 heterocycles. The van der Waals surface area contributed by atoms with Gasteiger partial charge in [0.1, 0.15) is 0 Å². The largest absolute Gasteiger partial charge is 0.396 e. The van der Waals surface area contributed by atoms with Crippen LogP contribution in [0.2, 0.25) is 0 Å². The van der Waals surface area contributed by atoms with Gasteiger partial charge in [0.2, 0.25) is 10.0 Å². The van der Waals surface area contributed by atoms with Crippen LogP contribution in [0.5, 0.6) is 0 Å². The monoisotopic (exact) mass is 316 g/mol. The number of nitrogens with one attached hydrogen (secondary N) is 1. The number of nitrogens with zero attached hydrogens (tertiary/aromatic N) is 1. The van der Waals surface area contributed by atoms with Gasteiger partial charge in [-0.05, 0) is 38.3 Å². The van der Waals surface area contributed by atoms with Gasteiger partial charge in [0, 0.05) is 24.3 Å². The van der Waals surface area contributed by atoms with E-state index in [0.717, 1.165) is 6.07 Å². The van der Waals surface area contributed by atoms with Crippen molar-refractivity contribution in [1.82, 2.24) is 4.72 Å². The van der Waals surface area contributed by atoms with Gasteiger partial charge in [-0.15, -0.1) is 0 Å². The van der Waals surface area contributed by atoms with Gasteiger partial charge < -0.3 is 5.11 Å². The van der Waals surface area contributed by atoms with Gasteiger partial charge in [-0.3, -0.25) is 10.1 Å². The molecule has 0 aromatic heterocycles. The van der Waals surface area contributed by atoms with Crippen LogP contribution in [0.3, 0.4) is 0 Å². The summed E-state index contributed by atoms with van der Waals surface area (Å²) in [6, 6.07) is 1.97. The van der Waals surface area contributed by atoms with E-state index in [-0.39, 0.29) is 23.1 Å². The summed E-state index contributed by atoms with van der Waals surface area (Å²) < 4.78 is 27.0. The van der Waals surface area contributed by atoms with E-state index in [1.807, 2.05) is 0 Å². The first kappa shape index (κ1) is 17.5. The van der Waals surface area contributed by atoms with Crippen molar-refractivity contribution in [3.63, 3.8) is 0 Å². The maximum Gasteiger partial charge on any atom is 0.273 e. The highest BCUT2D eigenvalue weighted by molar-refractivity contribution is 7.89. The first-order chi connectivity index (χ1) is 9.60. The molecule has 0 amide bonds. The second kappa shape index (κ2) is 6.50. The molecule has 1 aromatic carbocycles. The van der Waals surface area contributed by atoms with E-state index < -0.39 is 21.0 Å². The van der Waals surface area contributed by atoms with Crippen molar-refractivity contribution in [2.24, 2.45) is 5.92 Å². The number of hydrogen-bond donors (Lipinski definition) is 2. The number of aliphatic hydroxyl groups excluding tert-OH is 1. The van der Waals surface area contributed by atoms with E-state index >= 15 is 0 Å². The number of rotatable bonds is 6. The fourth-order valence-electron chi connectivity index (χ4n) is 1.74. The Bertz CT molecular complexity index is 642. The zero-order chi connectivity index (χ0) is 16.4. The van der Waals surface area contributed by atoms with Crippen molar-refractivity contribution in [2.75, 3.05) is 6.61 Å². The Balaban J connectivity index is 3.24. The predicted octanol–water partition coefficient (Wildman–Crippen LogP) is 1.51. The minimum Gasteiger partial charge on any atom is -0.396 e. The van der Waals surface area contributed by atoms with Crippen molar-refractivity contribution >= 4 is 15.7 Å². The lowest BCUT2D eigenvalue weighted by molar-refractivity contribution is -0.385. The molecular weight excluding hydrogens is 296 g/mol. The van der Waals surface area contributed by atoms with Gasteiger partial charge >= 0.3 is 0 Å². The number of hydrogen-bond acceptors (Lipinski definition) is 5. The Morgan fingerprint density at radius 1 is 1.33 bits per heavy atom. The Labute approximate surface area is 124 Å². The number of benzene rings is 1. The third kappa shape index (κ3) is 3.99. The number of sulfonamides is 1. The summed E-state index contributed by atoms with van der Waals surface area (Å²) >= 11 is 0. The van der Waals surface area contributed by atoms with Crippen molar-refractivity contribution in [1.29, 1.82) is 0 Å². The highest BCUT2D eigenvalue weighted by atomic mass is 32.2. The molecule has 8 heteroatoms. The second-order valence-corrected chi connectivity index (χ2v) is 6.93. The number of nitro benzene ring substituents is 1. The summed E-state index contributed by atoms with van der Waals surface area (Å²) in [6.45, 7) is 6.38. The molecule has 0 bridgehead atoms. The molecule has 1 aromatic rings. The summed E-state index contributed by atoms with van der Waals surface area (Å²) in [5.74, 6) is -0.263. The molecule has 0 radical (unpaired) electrons. The molecule has 118 valence electrons. The van der Waals surface area contributed by atoms with E-state index in [9.17, 15) is 18.5 Å². The Morgan fingerprint density at radius 3 is 2.38 bits per heavy atom. The molecule has 0 spiro atoms. The van der Waals surface area contributed by atoms with Crippen LogP contribution in [-0.2, 0) is 10.0 Å². The van der Waals surface area contributed by atoms with E-state index in [1.165, 1.54) is 6.07 Å². The fourth-order valence-corrected chi connectivity index (χ4v) is 3.20. The molecule has 1 rings (SSSR count). The first-order valence-electron chi connectivity index (χ1n) is 6.49. The van der Waals surface area contributed by atoms with Crippen LogP contribution in [0.15, 0.2) is 17.0 Å². The van der Waals surface area contributed by atoms with Crippen LogP contribution in [0.4, 0.5) is 5.69 Å². The first-order valence-corrected chi connectivity index (χ1v) is 7.97. The second-order valence-electron chi connectivity index (χ2n) is 5.21. The molecule has 0 aliphatic carbocycles. The molecule has 0 saturated heterocycles. The molecule has 2 unspecified atom stereocenters. The lowest BCUT2D eigenvalue weighted by atomic mass is 10.1. The lowest BCUT2D eigenvalue weighted by Gasteiger charge is -2.19. The van der Waals surface area contributed by atoms with Crippen molar-refractivity contribution in [3.05, 3.63) is 33.4 Å². The van der Waals surface area contributed by atoms with E-state index in [4.69, 9.17) is 5.11 Å². The zero-order valence-corrected chi connectivity index (χ0v) is 13.3. The van der Waals surface area contributed by atoms with E-state index in [2.05, 4.69) is 4.72 Å². The minimum absolute atomic E-state index is 0.144. The summed E-state index contributed by atoms with van der Waals surface area (Å²) in [5.41, 5.74) is 0.751. The molecule has 2 atom stereocenters. The highest BCUT2D eigenvalue weighted by Crippen LogP contribution is 2.26. The molecule has 2 N–H and O–H groups in total. The third-order valence-corrected chi connectivity index (χ3v) is 5.14. The highest BCUT2D eigenvalue weighted by Gasteiger charge is 2.24. The Morgan fingerprint density at radius 2 is 1.90 bits per heavy atom. The molecule has 7 nitrogen and oxygen atoms in total. The van der Waals surface area contributed by atoms with E-state index in [0.29, 0.717) is 11.1 Å². The standard InChI is InChI=1S/C13H20N2O5S/c1-8-5-12(6-13(10(8)3)15(17)18)21(19,20)14-11(4)9(2)7-16/h5-6,9,11,14,16H,7H2,1-4H3. The maximum atomic E-state index is 12.3. The smallest absolute Gasteiger partial charge is 0.273 e. The van der Waals surface area contributed by atoms with Crippen LogP contribution in [0.1, 0.15) is 25.0 Å². The van der Waals surface area contributed by atoms with Crippen molar-refractivity contribution in [2.45, 2.75) is 38.6 Å². The van der Waals surface area contributed by atoms with Crippen LogP contribution in [-0.4, -0.2) is 31.1 Å². The Hall–Kier alpha value is -1.51. The van der Waals surface area contributed by atoms with Crippen molar-refractivity contribution < 1.29 is 18.4 Å². The maximum absolute atomic E-state index is 12.3. The van der Waals surface area contributed by atoms with Crippen LogP contribution in [0, 0.1) is 29.9 Å². The topological polar surface area (TPSA) is 110 Å². The molecule has 0 fully saturated rings. The van der Waals surface area contributed by atoms with Gasteiger partial charge in [0.15, 0.2) is 0 Å². The summed E-state index contributed by atoms with van der Waals surface area (Å²) in [7, 11) is -3.88. The van der Waals surface area contributed by atoms with Crippen LogP contribution in [0.25, 0.3) is 0 Å². The third-order valence-electron chi connectivity index (χ3n) is 3.60. The molecular formula is C13H20N2O5S. The lowest BCUT2D eigenvalue weighted by Crippen LogP contribution is -2.38. The van der Waals surface area contributed by atoms with Gasteiger partial charge in [0.25, 0.3) is 5.69 Å². The van der Waals surface area contributed by atoms with Gasteiger partial charge in [-0.25, -0.2) is 13.1 Å². The zero-order valence-electron chi connectivity index (χ0n) is 12.5. The number of aliphatic hydroxyl groups is 1. The summed E-state index contributed by atoms with van der Waals surface area (Å²) in [4.78, 5) is 10.2. The van der Waals surface area contributed by atoms with Gasteiger partial charge in [-0.1, -0.05) is 6.92 Å². The van der Waals surface area contributed by atoms with Gasteiger partial charge in [0.05, 0.1) is 9.82 Å². The van der Waals surface area contributed by atoms with Crippen molar-refractivity contribution in [3.8, 4) is 0 Å². The average molecular weight is 316 g/mol. The SMILES string of the molecule is Cc1cc(S(=O)(=O)NC(C)C(C)CO)cc([N+](=O)[O-])c1C. The average Bonchev–Trinajstić information content (AvgIpc) is 2.39. The predicted molar refractivity (Wildman–Crippen MR) is 78.6 cm³/mol. The quantitative estimate of drug-likeness (QED) is 0.610. The molecule has 0 aliphatic heterocycles. The summed E-state index contributed by atoms with van der Waals surface area (Å²) in [6.07, 6.45) is 0. The van der Waals surface area contributed by atoms with Gasteiger partial charge in [-0.2, -0.15) is 0 Å². The summed E-state index contributed by atoms with van der Waals surface area (Å²) in [5, 5.41) is 20.0. The normalized spacial score (nSPS) is 14.7. The Kier molecular flexibility index (Phi) is 5.43. The fraction of sp³-hybridized carbons (Fsp3) is 0.538. The number of nitro groups is 1. The molecule has 0 saturated carbocycles. The van der Waals surface area contributed by atoms with E-state index in [1.54, 1.807) is 27.7 Å². The van der Waals surface area contributed by atoms with Crippen LogP contribution < -0.4 is 4.72 Å².